The molecular weight excluding hydrogens is 218 g/mol. The van der Waals surface area contributed by atoms with E-state index in [1.807, 2.05) is 30.3 Å². The maximum Gasteiger partial charge on any atom is 0.328 e. The minimum atomic E-state index is -0.924. The summed E-state index contributed by atoms with van der Waals surface area (Å²) < 4.78 is 1.44. The molecule has 0 spiro atoms. The summed E-state index contributed by atoms with van der Waals surface area (Å²) in [5, 5.41) is 13.2. The van der Waals surface area contributed by atoms with Crippen LogP contribution < -0.4 is 0 Å². The van der Waals surface area contributed by atoms with E-state index in [0.29, 0.717) is 11.6 Å². The van der Waals surface area contributed by atoms with Crippen LogP contribution in [0.15, 0.2) is 30.3 Å². The minimum absolute atomic E-state index is 0.567. The van der Waals surface area contributed by atoms with Crippen LogP contribution in [0, 0.1) is 6.92 Å². The summed E-state index contributed by atoms with van der Waals surface area (Å²) in [5.74, 6) is 0.224. The second kappa shape index (κ2) is 4.37. The van der Waals surface area contributed by atoms with Gasteiger partial charge in [0.2, 0.25) is 0 Å². The Labute approximate surface area is 98.7 Å². The molecule has 0 aliphatic rings. The van der Waals surface area contributed by atoms with Gasteiger partial charge in [0, 0.05) is 5.56 Å². The summed E-state index contributed by atoms with van der Waals surface area (Å²) in [6.45, 7) is 3.33. The van der Waals surface area contributed by atoms with Gasteiger partial charge in [-0.25, -0.2) is 14.5 Å². The van der Waals surface area contributed by atoms with Crippen molar-refractivity contribution in [1.29, 1.82) is 0 Å². The van der Waals surface area contributed by atoms with E-state index >= 15 is 0 Å². The fourth-order valence-corrected chi connectivity index (χ4v) is 1.59. The molecule has 1 aromatic carbocycles. The Hall–Kier alpha value is -2.17. The molecule has 0 radical (unpaired) electrons. The van der Waals surface area contributed by atoms with Gasteiger partial charge >= 0.3 is 5.97 Å². The van der Waals surface area contributed by atoms with Gasteiger partial charge in [-0.1, -0.05) is 30.3 Å². The highest BCUT2D eigenvalue weighted by Crippen LogP contribution is 2.20. The summed E-state index contributed by atoms with van der Waals surface area (Å²) in [7, 11) is 0. The number of aromatic nitrogens is 3. The largest absolute Gasteiger partial charge is 0.480 e. The Morgan fingerprint density at radius 3 is 2.59 bits per heavy atom. The molecule has 1 aromatic heterocycles. The monoisotopic (exact) mass is 231 g/mol. The van der Waals surface area contributed by atoms with Crippen molar-refractivity contribution in [1.82, 2.24) is 14.8 Å². The molecular formula is C12H13N3O2. The zero-order valence-corrected chi connectivity index (χ0v) is 9.66. The van der Waals surface area contributed by atoms with Gasteiger partial charge in [0.15, 0.2) is 5.82 Å². The Morgan fingerprint density at radius 1 is 1.35 bits per heavy atom. The van der Waals surface area contributed by atoms with Crippen LogP contribution in [-0.2, 0) is 4.79 Å². The molecule has 0 saturated carbocycles. The van der Waals surface area contributed by atoms with E-state index in [4.69, 9.17) is 5.11 Å². The third-order valence-electron chi connectivity index (χ3n) is 2.49. The molecule has 0 saturated heterocycles. The van der Waals surface area contributed by atoms with Gasteiger partial charge in [0.05, 0.1) is 0 Å². The van der Waals surface area contributed by atoms with Gasteiger partial charge in [-0.3, -0.25) is 0 Å². The Morgan fingerprint density at radius 2 is 2.00 bits per heavy atom. The summed E-state index contributed by atoms with van der Waals surface area (Å²) in [4.78, 5) is 15.3. The molecule has 1 heterocycles. The lowest BCUT2D eigenvalue weighted by Gasteiger charge is -2.09. The second-order valence-corrected chi connectivity index (χ2v) is 3.81. The zero-order valence-electron chi connectivity index (χ0n) is 9.66. The summed E-state index contributed by atoms with van der Waals surface area (Å²) >= 11 is 0. The molecule has 1 unspecified atom stereocenters. The smallest absolute Gasteiger partial charge is 0.328 e. The molecule has 0 amide bonds. The number of carboxylic acids is 1. The maximum atomic E-state index is 11.0. The number of carbonyl (C=O) groups is 1. The summed E-state index contributed by atoms with van der Waals surface area (Å²) in [5.41, 5.74) is 0.862. The first-order valence-corrected chi connectivity index (χ1v) is 5.31. The number of carboxylic acid groups (broad SMARTS) is 1. The molecule has 0 aliphatic carbocycles. The number of rotatable bonds is 3. The third kappa shape index (κ3) is 2.18. The fourth-order valence-electron chi connectivity index (χ4n) is 1.59. The normalized spacial score (nSPS) is 12.4. The molecule has 0 bridgehead atoms. The van der Waals surface area contributed by atoms with Crippen LogP contribution in [-0.4, -0.2) is 25.8 Å². The van der Waals surface area contributed by atoms with Crippen LogP contribution in [0.3, 0.4) is 0 Å². The van der Waals surface area contributed by atoms with Crippen molar-refractivity contribution in [2.45, 2.75) is 19.9 Å². The quantitative estimate of drug-likeness (QED) is 0.876. The van der Waals surface area contributed by atoms with E-state index in [2.05, 4.69) is 10.1 Å². The molecule has 5 nitrogen and oxygen atoms in total. The van der Waals surface area contributed by atoms with Gasteiger partial charge in [0.25, 0.3) is 0 Å². The SMILES string of the molecule is Cc1nc(-c2ccccc2)n(C(C)C(=O)O)n1. The van der Waals surface area contributed by atoms with Crippen molar-refractivity contribution >= 4 is 5.97 Å². The molecule has 5 heteroatoms. The molecule has 2 aromatic rings. The summed E-state index contributed by atoms with van der Waals surface area (Å²) in [6, 6.07) is 8.71. The number of aliphatic carboxylic acids is 1. The highest BCUT2D eigenvalue weighted by molar-refractivity contribution is 5.72. The average Bonchev–Trinajstić information content (AvgIpc) is 2.71. The lowest BCUT2D eigenvalue weighted by atomic mass is 10.2. The van der Waals surface area contributed by atoms with Crippen molar-refractivity contribution in [3.8, 4) is 11.4 Å². The van der Waals surface area contributed by atoms with Crippen molar-refractivity contribution in [2.75, 3.05) is 0 Å². The Balaban J connectivity index is 2.52. The highest BCUT2D eigenvalue weighted by Gasteiger charge is 2.20. The van der Waals surface area contributed by atoms with E-state index in [0.717, 1.165) is 5.56 Å². The molecule has 1 N–H and O–H groups in total. The first kappa shape index (κ1) is 11.3. The second-order valence-electron chi connectivity index (χ2n) is 3.81. The maximum absolute atomic E-state index is 11.0. The van der Waals surface area contributed by atoms with E-state index in [1.54, 1.807) is 13.8 Å². The lowest BCUT2D eigenvalue weighted by molar-refractivity contribution is -0.140. The van der Waals surface area contributed by atoms with Crippen LogP contribution in [0.1, 0.15) is 18.8 Å². The average molecular weight is 231 g/mol. The molecule has 0 aliphatic heterocycles. The summed E-state index contributed by atoms with van der Waals surface area (Å²) in [6.07, 6.45) is 0. The van der Waals surface area contributed by atoms with Crippen LogP contribution in [0.4, 0.5) is 0 Å². The lowest BCUT2D eigenvalue weighted by Crippen LogP contribution is -2.18. The van der Waals surface area contributed by atoms with E-state index in [9.17, 15) is 4.79 Å². The van der Waals surface area contributed by atoms with E-state index in [-0.39, 0.29) is 0 Å². The van der Waals surface area contributed by atoms with Crippen LogP contribution in [0.25, 0.3) is 11.4 Å². The van der Waals surface area contributed by atoms with Crippen LogP contribution in [0.2, 0.25) is 0 Å². The zero-order chi connectivity index (χ0) is 12.4. The van der Waals surface area contributed by atoms with Crippen molar-refractivity contribution < 1.29 is 9.90 Å². The first-order chi connectivity index (χ1) is 8.09. The first-order valence-electron chi connectivity index (χ1n) is 5.31. The topological polar surface area (TPSA) is 68.0 Å². The molecule has 2 rings (SSSR count). The number of hydrogen-bond donors (Lipinski definition) is 1. The van der Waals surface area contributed by atoms with Crippen molar-refractivity contribution in [3.05, 3.63) is 36.2 Å². The molecule has 1 atom stereocenters. The van der Waals surface area contributed by atoms with Gasteiger partial charge in [0.1, 0.15) is 11.9 Å². The van der Waals surface area contributed by atoms with Crippen LogP contribution >= 0.6 is 0 Å². The predicted octanol–water partition coefficient (Wildman–Crippen LogP) is 1.90. The Kier molecular flexibility index (Phi) is 2.91. The van der Waals surface area contributed by atoms with E-state index < -0.39 is 12.0 Å². The number of nitrogens with zero attached hydrogens (tertiary/aromatic N) is 3. The third-order valence-corrected chi connectivity index (χ3v) is 2.49. The van der Waals surface area contributed by atoms with Crippen LogP contribution in [0.5, 0.6) is 0 Å². The van der Waals surface area contributed by atoms with Crippen molar-refractivity contribution in [3.63, 3.8) is 0 Å². The van der Waals surface area contributed by atoms with Gasteiger partial charge in [-0.15, -0.1) is 0 Å². The minimum Gasteiger partial charge on any atom is -0.480 e. The molecule has 88 valence electrons. The molecule has 17 heavy (non-hydrogen) atoms. The molecule has 0 fully saturated rings. The predicted molar refractivity (Wildman–Crippen MR) is 62.5 cm³/mol. The number of hydrogen-bond acceptors (Lipinski definition) is 3. The van der Waals surface area contributed by atoms with Gasteiger partial charge in [-0.2, -0.15) is 5.10 Å². The Bertz CT molecular complexity index is 534. The van der Waals surface area contributed by atoms with Gasteiger partial charge in [-0.05, 0) is 13.8 Å². The number of aryl methyl sites for hydroxylation is 1. The number of benzene rings is 1. The standard InChI is InChI=1S/C12H13N3O2/c1-8(12(16)17)15-11(13-9(2)14-15)10-6-4-3-5-7-10/h3-8H,1-2H3,(H,16,17). The van der Waals surface area contributed by atoms with Crippen molar-refractivity contribution in [2.24, 2.45) is 0 Å². The highest BCUT2D eigenvalue weighted by atomic mass is 16.4. The fraction of sp³-hybridized carbons (Fsp3) is 0.250. The van der Waals surface area contributed by atoms with E-state index in [1.165, 1.54) is 4.68 Å². The van der Waals surface area contributed by atoms with Gasteiger partial charge < -0.3 is 5.11 Å².